The Balaban J connectivity index is 2.42. The van der Waals surface area contributed by atoms with E-state index in [1.54, 1.807) is 16.5 Å². The zero-order valence-electron chi connectivity index (χ0n) is 9.75. The summed E-state index contributed by atoms with van der Waals surface area (Å²) in [7, 11) is 0. The van der Waals surface area contributed by atoms with E-state index >= 15 is 0 Å². The number of carbonyl (C=O) groups is 1. The summed E-state index contributed by atoms with van der Waals surface area (Å²) in [4.78, 5) is 15.4. The van der Waals surface area contributed by atoms with Gasteiger partial charge in [-0.3, -0.25) is 4.40 Å². The molecule has 5 heteroatoms. The van der Waals surface area contributed by atoms with E-state index in [0.717, 1.165) is 5.56 Å². The molecular formula is C14H9ClN2O2. The maximum atomic E-state index is 11.4. The number of fused-ring (bicyclic) bond motifs is 1. The highest BCUT2D eigenvalue weighted by Crippen LogP contribution is 2.27. The molecule has 0 spiro atoms. The van der Waals surface area contributed by atoms with Crippen LogP contribution in [0.2, 0.25) is 5.15 Å². The van der Waals surface area contributed by atoms with Crippen LogP contribution in [-0.4, -0.2) is 20.5 Å². The van der Waals surface area contributed by atoms with Crippen molar-refractivity contribution in [2.45, 2.75) is 0 Å². The van der Waals surface area contributed by atoms with E-state index in [1.165, 1.54) is 6.33 Å². The predicted octanol–water partition coefficient (Wildman–Crippen LogP) is 3.35. The molecule has 0 saturated carbocycles. The minimum atomic E-state index is -0.981. The minimum absolute atomic E-state index is 0.216. The molecule has 19 heavy (non-hydrogen) atoms. The van der Waals surface area contributed by atoms with E-state index in [2.05, 4.69) is 4.98 Å². The predicted molar refractivity (Wildman–Crippen MR) is 72.6 cm³/mol. The smallest absolute Gasteiger partial charge is 0.337 e. The van der Waals surface area contributed by atoms with Crippen LogP contribution < -0.4 is 0 Å². The summed E-state index contributed by atoms with van der Waals surface area (Å²) >= 11 is 5.98. The van der Waals surface area contributed by atoms with Gasteiger partial charge < -0.3 is 5.11 Å². The molecule has 3 rings (SSSR count). The average molecular weight is 273 g/mol. The monoisotopic (exact) mass is 272 g/mol. The molecule has 0 atom stereocenters. The summed E-state index contributed by atoms with van der Waals surface area (Å²) in [5.41, 5.74) is 2.28. The van der Waals surface area contributed by atoms with Gasteiger partial charge in [0.1, 0.15) is 6.33 Å². The molecule has 0 aliphatic carbocycles. The lowest BCUT2D eigenvalue weighted by molar-refractivity contribution is 0.0697. The third kappa shape index (κ3) is 1.86. The molecule has 2 heterocycles. The van der Waals surface area contributed by atoms with Crippen LogP contribution in [-0.2, 0) is 0 Å². The fourth-order valence-electron chi connectivity index (χ4n) is 2.10. The van der Waals surface area contributed by atoms with Gasteiger partial charge in [0.2, 0.25) is 0 Å². The summed E-state index contributed by atoms with van der Waals surface area (Å²) in [6.45, 7) is 0. The van der Waals surface area contributed by atoms with Crippen LogP contribution in [0.1, 0.15) is 10.4 Å². The second-order valence-corrected chi connectivity index (χ2v) is 4.42. The Bertz CT molecular complexity index is 766. The maximum Gasteiger partial charge on any atom is 0.337 e. The molecule has 0 aliphatic rings. The molecule has 0 unspecified atom stereocenters. The van der Waals surface area contributed by atoms with Crippen molar-refractivity contribution in [1.82, 2.24) is 9.38 Å². The molecule has 94 valence electrons. The van der Waals surface area contributed by atoms with E-state index < -0.39 is 5.97 Å². The number of nitrogens with zero attached hydrogens (tertiary/aromatic N) is 2. The largest absolute Gasteiger partial charge is 0.478 e. The number of carboxylic acid groups (broad SMARTS) is 1. The van der Waals surface area contributed by atoms with E-state index in [4.69, 9.17) is 11.6 Å². The molecule has 0 bridgehead atoms. The second kappa shape index (κ2) is 4.40. The van der Waals surface area contributed by atoms with Crippen molar-refractivity contribution in [3.05, 3.63) is 59.5 Å². The summed E-state index contributed by atoms with van der Waals surface area (Å²) in [5.74, 6) is -0.981. The first-order valence-corrected chi connectivity index (χ1v) is 6.00. The topological polar surface area (TPSA) is 54.6 Å². The van der Waals surface area contributed by atoms with Crippen LogP contribution in [0.4, 0.5) is 0 Å². The summed E-state index contributed by atoms with van der Waals surface area (Å²) < 4.78 is 1.70. The Kier molecular flexibility index (Phi) is 2.72. The third-order valence-corrected chi connectivity index (χ3v) is 3.23. The number of hydrogen-bond acceptors (Lipinski definition) is 2. The first-order valence-electron chi connectivity index (χ1n) is 5.63. The zero-order valence-corrected chi connectivity index (χ0v) is 10.5. The number of imidazole rings is 1. The summed E-state index contributed by atoms with van der Waals surface area (Å²) in [6.07, 6.45) is 1.53. The van der Waals surface area contributed by atoms with Crippen LogP contribution in [0.15, 0.2) is 48.8 Å². The Morgan fingerprint density at radius 1 is 1.16 bits per heavy atom. The Morgan fingerprint density at radius 3 is 2.58 bits per heavy atom. The zero-order chi connectivity index (χ0) is 13.4. The summed E-state index contributed by atoms with van der Waals surface area (Å²) in [6, 6.07) is 12.5. The molecular weight excluding hydrogens is 264 g/mol. The Labute approximate surface area is 113 Å². The molecule has 1 aromatic carbocycles. The first-order chi connectivity index (χ1) is 9.18. The summed E-state index contributed by atoms with van der Waals surface area (Å²) in [5, 5.41) is 9.68. The van der Waals surface area contributed by atoms with Crippen molar-refractivity contribution in [3.63, 3.8) is 0 Å². The lowest BCUT2D eigenvalue weighted by Crippen LogP contribution is -2.04. The van der Waals surface area contributed by atoms with E-state index in [9.17, 15) is 9.90 Å². The molecule has 2 aromatic heterocycles. The van der Waals surface area contributed by atoms with Crippen LogP contribution in [0.25, 0.3) is 16.8 Å². The van der Waals surface area contributed by atoms with Crippen molar-refractivity contribution < 1.29 is 9.90 Å². The minimum Gasteiger partial charge on any atom is -0.478 e. The number of benzene rings is 1. The highest BCUT2D eigenvalue weighted by atomic mass is 35.5. The number of carboxylic acids is 1. The van der Waals surface area contributed by atoms with E-state index in [-0.39, 0.29) is 5.56 Å². The fraction of sp³-hybridized carbons (Fsp3) is 0. The first kappa shape index (κ1) is 11.7. The number of hydrogen-bond donors (Lipinski definition) is 1. The average Bonchev–Trinajstić information content (AvgIpc) is 2.80. The van der Waals surface area contributed by atoms with Gasteiger partial charge in [0.25, 0.3) is 0 Å². The van der Waals surface area contributed by atoms with Gasteiger partial charge >= 0.3 is 5.97 Å². The van der Waals surface area contributed by atoms with Gasteiger partial charge in [-0.15, -0.1) is 0 Å². The molecule has 0 saturated heterocycles. The van der Waals surface area contributed by atoms with Gasteiger partial charge in [-0.25, -0.2) is 9.78 Å². The SMILES string of the molecule is O=C(O)c1ccc2c(Cl)ncn2c1-c1ccccc1. The van der Waals surface area contributed by atoms with E-state index in [0.29, 0.717) is 16.4 Å². The Morgan fingerprint density at radius 2 is 1.89 bits per heavy atom. The van der Waals surface area contributed by atoms with Gasteiger partial charge in [-0.05, 0) is 17.7 Å². The third-order valence-electron chi connectivity index (χ3n) is 2.94. The molecule has 0 aliphatic heterocycles. The number of pyridine rings is 1. The van der Waals surface area contributed by atoms with Crippen LogP contribution in [0.5, 0.6) is 0 Å². The number of halogens is 1. The number of rotatable bonds is 2. The van der Waals surface area contributed by atoms with Gasteiger partial charge in [0, 0.05) is 0 Å². The molecule has 0 fully saturated rings. The Hall–Kier alpha value is -2.33. The van der Waals surface area contributed by atoms with Gasteiger partial charge in [0.15, 0.2) is 5.15 Å². The second-order valence-electron chi connectivity index (χ2n) is 4.06. The highest BCUT2D eigenvalue weighted by molar-refractivity contribution is 6.32. The highest BCUT2D eigenvalue weighted by Gasteiger charge is 2.16. The van der Waals surface area contributed by atoms with Crippen molar-refractivity contribution in [1.29, 1.82) is 0 Å². The van der Waals surface area contributed by atoms with Crippen LogP contribution in [0.3, 0.4) is 0 Å². The van der Waals surface area contributed by atoms with Crippen molar-refractivity contribution in [2.75, 3.05) is 0 Å². The van der Waals surface area contributed by atoms with Crippen molar-refractivity contribution in [3.8, 4) is 11.3 Å². The maximum absolute atomic E-state index is 11.4. The molecule has 3 aromatic rings. The lowest BCUT2D eigenvalue weighted by atomic mass is 10.1. The standard InChI is InChI=1S/C14H9ClN2O2/c15-13-11-7-6-10(14(18)19)12(17(11)8-16-13)9-4-2-1-3-5-9/h1-8H,(H,18,19). The van der Waals surface area contributed by atoms with Gasteiger partial charge in [-0.1, -0.05) is 41.9 Å². The molecule has 0 amide bonds. The number of aromatic nitrogens is 2. The fourth-order valence-corrected chi connectivity index (χ4v) is 2.30. The van der Waals surface area contributed by atoms with Gasteiger partial charge in [-0.2, -0.15) is 0 Å². The normalized spacial score (nSPS) is 10.8. The van der Waals surface area contributed by atoms with Crippen molar-refractivity contribution >= 4 is 23.1 Å². The number of aromatic carboxylic acids is 1. The van der Waals surface area contributed by atoms with Crippen LogP contribution in [0, 0.1) is 0 Å². The molecule has 0 radical (unpaired) electrons. The van der Waals surface area contributed by atoms with Gasteiger partial charge in [0.05, 0.1) is 16.8 Å². The lowest BCUT2D eigenvalue weighted by Gasteiger charge is -2.09. The quantitative estimate of drug-likeness (QED) is 0.778. The van der Waals surface area contributed by atoms with Crippen LogP contribution >= 0.6 is 11.6 Å². The molecule has 1 N–H and O–H groups in total. The van der Waals surface area contributed by atoms with E-state index in [1.807, 2.05) is 30.3 Å². The van der Waals surface area contributed by atoms with Crippen molar-refractivity contribution in [2.24, 2.45) is 0 Å². The molecule has 4 nitrogen and oxygen atoms in total.